The molecule has 0 saturated carbocycles. The minimum atomic E-state index is -1.11. The highest BCUT2D eigenvalue weighted by molar-refractivity contribution is 5.75. The number of piperidine rings is 1. The van der Waals surface area contributed by atoms with Gasteiger partial charge >= 0.3 is 12.1 Å². The Morgan fingerprint density at radius 2 is 1.85 bits per heavy atom. The molecule has 1 fully saturated rings. The van der Waals surface area contributed by atoms with Gasteiger partial charge in [0.05, 0.1) is 19.0 Å². The summed E-state index contributed by atoms with van der Waals surface area (Å²) >= 11 is 0. The number of carboxylic acid groups (broad SMARTS) is 1. The molecule has 27 heavy (non-hydrogen) atoms. The number of aromatic nitrogens is 2. The summed E-state index contributed by atoms with van der Waals surface area (Å²) in [6.07, 6.45) is 5.64. The number of likely N-dealkylation sites (tertiary alicyclic amines) is 1. The van der Waals surface area contributed by atoms with Gasteiger partial charge in [-0.25, -0.2) is 9.59 Å². The van der Waals surface area contributed by atoms with E-state index in [1.54, 1.807) is 24.9 Å². The van der Waals surface area contributed by atoms with Gasteiger partial charge in [0.25, 0.3) is 0 Å². The molecule has 1 aliphatic rings. The molecule has 8 heteroatoms. The maximum absolute atomic E-state index is 12.1. The maximum atomic E-state index is 12.1. The van der Waals surface area contributed by atoms with Crippen LogP contribution in [0.15, 0.2) is 12.4 Å². The van der Waals surface area contributed by atoms with Gasteiger partial charge in [-0.05, 0) is 59.8 Å². The number of carbonyl (C=O) groups is 2. The molecule has 1 aromatic rings. The van der Waals surface area contributed by atoms with Crippen LogP contribution in [-0.4, -0.2) is 57.1 Å². The fourth-order valence-corrected chi connectivity index (χ4v) is 2.86. The minimum Gasteiger partial charge on any atom is -0.490 e. The van der Waals surface area contributed by atoms with Crippen molar-refractivity contribution in [2.24, 2.45) is 5.92 Å². The second-order valence-electron chi connectivity index (χ2n) is 8.53. The molecule has 0 aliphatic carbocycles. The molecule has 0 aromatic carbocycles. The molecule has 8 nitrogen and oxygen atoms in total. The molecule has 1 N–H and O–H groups in total. The lowest BCUT2D eigenvalue weighted by molar-refractivity contribution is -0.146. The van der Waals surface area contributed by atoms with Gasteiger partial charge in [-0.15, -0.1) is 0 Å². The van der Waals surface area contributed by atoms with Gasteiger partial charge in [-0.2, -0.15) is 5.10 Å². The first-order valence-corrected chi connectivity index (χ1v) is 9.38. The van der Waals surface area contributed by atoms with Gasteiger partial charge in [-0.1, -0.05) is 0 Å². The third-order valence-electron chi connectivity index (χ3n) is 4.72. The van der Waals surface area contributed by atoms with Gasteiger partial charge in [0.15, 0.2) is 11.3 Å². The summed E-state index contributed by atoms with van der Waals surface area (Å²) in [6, 6.07) is 0. The SMILES string of the molecule is CC(C)(C)OC(=O)N1CCC(CCOc2cnn(C(C)(C)C(=O)O)c2)CC1. The van der Waals surface area contributed by atoms with Crippen molar-refractivity contribution in [2.75, 3.05) is 19.7 Å². The monoisotopic (exact) mass is 381 g/mol. The van der Waals surface area contributed by atoms with E-state index in [1.807, 2.05) is 20.8 Å². The third-order valence-corrected chi connectivity index (χ3v) is 4.72. The molecular weight excluding hydrogens is 350 g/mol. The Hall–Kier alpha value is -2.25. The fourth-order valence-electron chi connectivity index (χ4n) is 2.86. The van der Waals surface area contributed by atoms with Gasteiger partial charge in [-0.3, -0.25) is 4.68 Å². The highest BCUT2D eigenvalue weighted by Gasteiger charge is 2.30. The van der Waals surface area contributed by atoms with Crippen LogP contribution in [0.2, 0.25) is 0 Å². The summed E-state index contributed by atoms with van der Waals surface area (Å²) in [5.74, 6) is 0.110. The Balaban J connectivity index is 1.73. The van der Waals surface area contributed by atoms with E-state index in [9.17, 15) is 14.7 Å². The number of rotatable bonds is 6. The Morgan fingerprint density at radius 3 is 2.41 bits per heavy atom. The van der Waals surface area contributed by atoms with Crippen LogP contribution in [0.25, 0.3) is 0 Å². The van der Waals surface area contributed by atoms with Crippen LogP contribution in [0.4, 0.5) is 4.79 Å². The molecule has 2 heterocycles. The van der Waals surface area contributed by atoms with Crippen LogP contribution in [-0.2, 0) is 15.1 Å². The number of hydrogen-bond acceptors (Lipinski definition) is 5. The average Bonchev–Trinajstić information content (AvgIpc) is 3.03. The van der Waals surface area contributed by atoms with Crippen molar-refractivity contribution in [2.45, 2.75) is 65.0 Å². The van der Waals surface area contributed by atoms with Gasteiger partial charge < -0.3 is 19.5 Å². The van der Waals surface area contributed by atoms with E-state index in [2.05, 4.69) is 5.10 Å². The lowest BCUT2D eigenvalue weighted by Crippen LogP contribution is -2.41. The predicted octanol–water partition coefficient (Wildman–Crippen LogP) is 3.12. The second-order valence-corrected chi connectivity index (χ2v) is 8.53. The van der Waals surface area contributed by atoms with Crippen LogP contribution in [0, 0.1) is 5.92 Å². The Morgan fingerprint density at radius 1 is 1.22 bits per heavy atom. The molecule has 2 rings (SSSR count). The van der Waals surface area contributed by atoms with Crippen molar-refractivity contribution < 1.29 is 24.2 Å². The van der Waals surface area contributed by atoms with Gasteiger partial charge in [0.2, 0.25) is 0 Å². The molecule has 1 aliphatic heterocycles. The number of amides is 1. The van der Waals surface area contributed by atoms with E-state index in [0.717, 1.165) is 19.3 Å². The van der Waals surface area contributed by atoms with Crippen molar-refractivity contribution in [1.82, 2.24) is 14.7 Å². The first-order chi connectivity index (χ1) is 12.5. The first kappa shape index (κ1) is 21.1. The van der Waals surface area contributed by atoms with Gasteiger partial charge in [0.1, 0.15) is 5.60 Å². The second kappa shape index (κ2) is 8.19. The number of ether oxygens (including phenoxy) is 2. The van der Waals surface area contributed by atoms with Crippen LogP contribution in [0.3, 0.4) is 0 Å². The lowest BCUT2D eigenvalue weighted by Gasteiger charge is -2.33. The third kappa shape index (κ3) is 5.87. The first-order valence-electron chi connectivity index (χ1n) is 9.38. The minimum absolute atomic E-state index is 0.245. The highest BCUT2D eigenvalue weighted by Crippen LogP contribution is 2.23. The highest BCUT2D eigenvalue weighted by atomic mass is 16.6. The average molecular weight is 381 g/mol. The molecule has 1 saturated heterocycles. The number of carboxylic acids is 1. The standard InChI is InChI=1S/C19H31N3O5/c1-18(2,3)27-17(25)21-9-6-14(7-10-21)8-11-26-15-12-20-22(13-15)19(4,5)16(23)24/h12-14H,6-11H2,1-5H3,(H,23,24). The van der Waals surface area contributed by atoms with Gasteiger partial charge in [0, 0.05) is 13.1 Å². The van der Waals surface area contributed by atoms with E-state index in [-0.39, 0.29) is 6.09 Å². The molecule has 0 radical (unpaired) electrons. The maximum Gasteiger partial charge on any atom is 0.410 e. The normalized spacial score (nSPS) is 16.3. The van der Waals surface area contributed by atoms with E-state index >= 15 is 0 Å². The summed E-state index contributed by atoms with van der Waals surface area (Å²) < 4.78 is 12.5. The van der Waals surface area contributed by atoms with Crippen molar-refractivity contribution in [3.63, 3.8) is 0 Å². The Kier molecular flexibility index (Phi) is 6.38. The molecular formula is C19H31N3O5. The smallest absolute Gasteiger partial charge is 0.410 e. The summed E-state index contributed by atoms with van der Waals surface area (Å²) in [7, 11) is 0. The molecule has 152 valence electrons. The molecule has 0 spiro atoms. The molecule has 1 amide bonds. The molecule has 1 aromatic heterocycles. The summed E-state index contributed by atoms with van der Waals surface area (Å²) in [5, 5.41) is 13.3. The fraction of sp³-hybridized carbons (Fsp3) is 0.737. The zero-order valence-corrected chi connectivity index (χ0v) is 16.9. The zero-order chi connectivity index (χ0) is 20.2. The molecule has 0 bridgehead atoms. The van der Waals surface area contributed by atoms with E-state index in [1.165, 1.54) is 10.9 Å². The number of hydrogen-bond donors (Lipinski definition) is 1. The summed E-state index contributed by atoms with van der Waals surface area (Å²) in [4.78, 5) is 25.1. The van der Waals surface area contributed by atoms with E-state index < -0.39 is 17.1 Å². The quantitative estimate of drug-likeness (QED) is 0.814. The lowest BCUT2D eigenvalue weighted by atomic mass is 9.94. The van der Waals surface area contributed by atoms with Crippen LogP contribution >= 0.6 is 0 Å². The van der Waals surface area contributed by atoms with Crippen LogP contribution in [0.1, 0.15) is 53.9 Å². The Labute approximate surface area is 160 Å². The summed E-state index contributed by atoms with van der Waals surface area (Å²) in [6.45, 7) is 10.7. The topological polar surface area (TPSA) is 93.9 Å². The largest absolute Gasteiger partial charge is 0.490 e. The number of carbonyl (C=O) groups excluding carboxylic acids is 1. The number of nitrogens with zero attached hydrogens (tertiary/aromatic N) is 3. The van der Waals surface area contributed by atoms with E-state index in [0.29, 0.717) is 31.4 Å². The van der Waals surface area contributed by atoms with Crippen molar-refractivity contribution >= 4 is 12.1 Å². The van der Waals surface area contributed by atoms with Crippen molar-refractivity contribution in [3.05, 3.63) is 12.4 Å². The van der Waals surface area contributed by atoms with E-state index in [4.69, 9.17) is 9.47 Å². The summed E-state index contributed by atoms with van der Waals surface area (Å²) in [5.41, 5.74) is -1.59. The van der Waals surface area contributed by atoms with Crippen molar-refractivity contribution in [1.29, 1.82) is 0 Å². The zero-order valence-electron chi connectivity index (χ0n) is 16.9. The molecule has 0 unspecified atom stereocenters. The molecule has 0 atom stereocenters. The number of aliphatic carboxylic acids is 1. The van der Waals surface area contributed by atoms with Crippen molar-refractivity contribution in [3.8, 4) is 5.75 Å². The van der Waals surface area contributed by atoms with Crippen LogP contribution < -0.4 is 4.74 Å². The Bertz CT molecular complexity index is 655. The predicted molar refractivity (Wildman–Crippen MR) is 99.8 cm³/mol. The van der Waals surface area contributed by atoms with Crippen LogP contribution in [0.5, 0.6) is 5.75 Å².